The second-order valence-electron chi connectivity index (χ2n) is 7.91. The van der Waals surface area contributed by atoms with E-state index in [9.17, 15) is 20.1 Å². The molecule has 3 atom stereocenters. The van der Waals surface area contributed by atoms with Crippen LogP contribution in [-0.4, -0.2) is 38.3 Å². The summed E-state index contributed by atoms with van der Waals surface area (Å²) in [7, 11) is 0. The van der Waals surface area contributed by atoms with Crippen LogP contribution in [-0.2, 0) is 4.79 Å². The Hall–Kier alpha value is -1.43. The first-order valence-corrected chi connectivity index (χ1v) is 9.27. The lowest BCUT2D eigenvalue weighted by Crippen LogP contribution is -2.47. The number of aliphatic hydroxyl groups excluding tert-OH is 2. The van der Waals surface area contributed by atoms with E-state index in [1.54, 1.807) is 6.08 Å². The van der Waals surface area contributed by atoms with Crippen molar-refractivity contribution in [1.82, 2.24) is 0 Å². The van der Waals surface area contributed by atoms with Gasteiger partial charge in [-0.25, -0.2) is 0 Å². The van der Waals surface area contributed by atoms with Crippen LogP contribution in [0, 0.1) is 11.8 Å². The zero-order valence-corrected chi connectivity index (χ0v) is 17.0. The highest BCUT2D eigenvalue weighted by atomic mass is 16.3. The number of allylic oxidation sites excluding steroid dienone is 4. The molecule has 5 heteroatoms. The molecule has 0 aromatic carbocycles. The fraction of sp³-hybridized carbons (Fsp3) is 0.667. The lowest BCUT2D eigenvalue weighted by Gasteiger charge is -2.34. The van der Waals surface area contributed by atoms with Gasteiger partial charge in [-0.15, -0.1) is 0 Å². The smallest absolute Gasteiger partial charge is 0.200 e. The number of carbonyl (C=O) groups is 1. The van der Waals surface area contributed by atoms with E-state index in [1.165, 1.54) is 0 Å². The maximum Gasteiger partial charge on any atom is 0.200 e. The van der Waals surface area contributed by atoms with Crippen LogP contribution in [0.4, 0.5) is 0 Å². The zero-order chi connectivity index (χ0) is 19.4. The number of Topliss-reactive ketones (excluding diaryl/α,β-unsaturated/α-hetero) is 1. The lowest BCUT2D eigenvalue weighted by atomic mass is 9.75. The van der Waals surface area contributed by atoms with Gasteiger partial charge in [0, 0.05) is 5.57 Å². The van der Waals surface area contributed by atoms with Crippen LogP contribution in [0.15, 0.2) is 34.6 Å². The second-order valence-corrected chi connectivity index (χ2v) is 7.91. The van der Waals surface area contributed by atoms with Crippen LogP contribution < -0.4 is 0 Å². The number of aliphatic hydroxyl groups is 3. The van der Waals surface area contributed by atoms with Gasteiger partial charge < -0.3 is 20.8 Å². The molecule has 5 nitrogen and oxygen atoms in total. The molecule has 0 spiro atoms. The van der Waals surface area contributed by atoms with Gasteiger partial charge in [-0.05, 0) is 56.6 Å². The quantitative estimate of drug-likeness (QED) is 0.570. The van der Waals surface area contributed by atoms with E-state index in [-0.39, 0.29) is 29.1 Å². The molecule has 0 amide bonds. The second kappa shape index (κ2) is 10.0. The Morgan fingerprint density at radius 2 is 1.85 bits per heavy atom. The highest BCUT2D eigenvalue weighted by molar-refractivity contribution is 6.06. The molecule has 0 radical (unpaired) electrons. The predicted octanol–water partition coefficient (Wildman–Crippen LogP) is 3.41. The summed E-state index contributed by atoms with van der Waals surface area (Å²) in [5, 5.41) is 32.3. The first-order chi connectivity index (χ1) is 11.5. The fourth-order valence-corrected chi connectivity index (χ4v) is 2.88. The number of rotatable bonds is 8. The minimum absolute atomic E-state index is 0. The third-order valence-corrected chi connectivity index (χ3v) is 4.98. The molecular formula is C21H36O5. The Kier molecular flexibility index (Phi) is 9.49. The SMILES string of the molecule is CCC(C)C(O)C1=CC(CC=C(C)C)=C(O)[C@](O)(CCC(C)C)C1=O.O. The highest BCUT2D eigenvalue weighted by Crippen LogP contribution is 2.37. The summed E-state index contributed by atoms with van der Waals surface area (Å²) in [6.07, 6.45) is 4.45. The van der Waals surface area contributed by atoms with Crippen molar-refractivity contribution in [3.8, 4) is 0 Å². The Morgan fingerprint density at radius 1 is 1.27 bits per heavy atom. The summed E-state index contributed by atoms with van der Waals surface area (Å²) in [4.78, 5) is 12.9. The molecule has 1 aliphatic rings. The summed E-state index contributed by atoms with van der Waals surface area (Å²) >= 11 is 0. The summed E-state index contributed by atoms with van der Waals surface area (Å²) in [6.45, 7) is 11.7. The van der Waals surface area contributed by atoms with Gasteiger partial charge in [-0.3, -0.25) is 4.79 Å². The summed E-state index contributed by atoms with van der Waals surface area (Å²) in [5.74, 6) is -0.649. The van der Waals surface area contributed by atoms with E-state index in [1.807, 2.05) is 47.6 Å². The Bertz CT molecular complexity index is 581. The molecule has 0 saturated heterocycles. The van der Waals surface area contributed by atoms with E-state index < -0.39 is 17.5 Å². The molecule has 1 rings (SSSR count). The van der Waals surface area contributed by atoms with Crippen LogP contribution >= 0.6 is 0 Å². The maximum absolute atomic E-state index is 12.9. The first-order valence-electron chi connectivity index (χ1n) is 9.27. The van der Waals surface area contributed by atoms with Gasteiger partial charge in [0.1, 0.15) is 5.76 Å². The van der Waals surface area contributed by atoms with Crippen molar-refractivity contribution in [2.45, 2.75) is 78.9 Å². The van der Waals surface area contributed by atoms with Gasteiger partial charge in [0.05, 0.1) is 6.10 Å². The molecule has 0 aromatic rings. The van der Waals surface area contributed by atoms with E-state index in [0.29, 0.717) is 24.3 Å². The summed E-state index contributed by atoms with van der Waals surface area (Å²) < 4.78 is 0. The Morgan fingerprint density at radius 3 is 2.31 bits per heavy atom. The van der Waals surface area contributed by atoms with Gasteiger partial charge in [0.2, 0.25) is 5.78 Å². The average molecular weight is 369 g/mol. The predicted molar refractivity (Wildman–Crippen MR) is 105 cm³/mol. The van der Waals surface area contributed by atoms with Crippen LogP contribution in [0.5, 0.6) is 0 Å². The molecule has 2 unspecified atom stereocenters. The number of hydrogen-bond acceptors (Lipinski definition) is 4. The standard InChI is InChI=1S/C21H34O4.H2O/c1-7-15(6)18(22)17-12-16(9-8-13(2)3)19(23)21(25,20(17)24)11-10-14(4)5;/h8,12,14-15,18,22-23,25H,7,9-11H2,1-6H3;1H2/t15?,18?,21-;/m1./s1. The molecule has 0 heterocycles. The molecule has 26 heavy (non-hydrogen) atoms. The number of hydrogen-bond donors (Lipinski definition) is 3. The van der Waals surface area contributed by atoms with Crippen molar-refractivity contribution in [2.24, 2.45) is 11.8 Å². The first kappa shape index (κ1) is 24.6. The third kappa shape index (κ3) is 5.53. The third-order valence-electron chi connectivity index (χ3n) is 4.98. The topological polar surface area (TPSA) is 109 Å². The molecule has 150 valence electrons. The van der Waals surface area contributed by atoms with E-state index in [2.05, 4.69) is 0 Å². The normalized spacial score (nSPS) is 22.7. The molecule has 5 N–H and O–H groups in total. The van der Waals surface area contributed by atoms with Crippen LogP contribution in [0.1, 0.15) is 67.2 Å². The number of carbonyl (C=O) groups excluding carboxylic acids is 1. The molecule has 0 bridgehead atoms. The van der Waals surface area contributed by atoms with Gasteiger partial charge in [0.25, 0.3) is 0 Å². The zero-order valence-electron chi connectivity index (χ0n) is 17.0. The fourth-order valence-electron chi connectivity index (χ4n) is 2.88. The van der Waals surface area contributed by atoms with Crippen molar-refractivity contribution >= 4 is 5.78 Å². The molecule has 0 aliphatic heterocycles. The van der Waals surface area contributed by atoms with E-state index >= 15 is 0 Å². The molecule has 0 fully saturated rings. The molecule has 0 saturated carbocycles. The van der Waals surface area contributed by atoms with E-state index in [0.717, 1.165) is 12.0 Å². The van der Waals surface area contributed by atoms with Crippen molar-refractivity contribution in [3.63, 3.8) is 0 Å². The minimum atomic E-state index is -1.94. The van der Waals surface area contributed by atoms with Gasteiger partial charge in [0.15, 0.2) is 5.60 Å². The summed E-state index contributed by atoms with van der Waals surface area (Å²) in [6, 6.07) is 0. The average Bonchev–Trinajstić information content (AvgIpc) is 2.56. The van der Waals surface area contributed by atoms with Crippen LogP contribution in [0.3, 0.4) is 0 Å². The molecular weight excluding hydrogens is 332 g/mol. The van der Waals surface area contributed by atoms with Crippen molar-refractivity contribution in [3.05, 3.63) is 34.6 Å². The lowest BCUT2D eigenvalue weighted by molar-refractivity contribution is -0.135. The molecule has 0 aromatic heterocycles. The van der Waals surface area contributed by atoms with Gasteiger partial charge >= 0.3 is 0 Å². The van der Waals surface area contributed by atoms with Gasteiger partial charge in [-0.2, -0.15) is 0 Å². The van der Waals surface area contributed by atoms with Crippen molar-refractivity contribution < 1.29 is 25.6 Å². The highest BCUT2D eigenvalue weighted by Gasteiger charge is 2.47. The Labute approximate surface area is 157 Å². The maximum atomic E-state index is 12.9. The van der Waals surface area contributed by atoms with Crippen LogP contribution in [0.2, 0.25) is 0 Å². The van der Waals surface area contributed by atoms with Crippen molar-refractivity contribution in [1.29, 1.82) is 0 Å². The summed E-state index contributed by atoms with van der Waals surface area (Å²) in [5.41, 5.74) is -0.145. The van der Waals surface area contributed by atoms with Crippen molar-refractivity contribution in [2.75, 3.05) is 0 Å². The monoisotopic (exact) mass is 368 g/mol. The van der Waals surface area contributed by atoms with E-state index in [4.69, 9.17) is 0 Å². The Balaban J connectivity index is 0.00000625. The largest absolute Gasteiger partial charge is 0.508 e. The number of ketones is 1. The van der Waals surface area contributed by atoms with Crippen LogP contribution in [0.25, 0.3) is 0 Å². The molecule has 1 aliphatic carbocycles. The minimum Gasteiger partial charge on any atom is -0.508 e. The van der Waals surface area contributed by atoms with Gasteiger partial charge in [-0.1, -0.05) is 45.8 Å².